The van der Waals surface area contributed by atoms with Crippen LogP contribution in [-0.2, 0) is 0 Å². The van der Waals surface area contributed by atoms with Gasteiger partial charge in [-0.2, -0.15) is 0 Å². The van der Waals surface area contributed by atoms with Gasteiger partial charge in [-0.05, 0) is 56.5 Å². The number of carbonyl (C=O) groups is 1. The monoisotopic (exact) mass is 464 g/mol. The first-order chi connectivity index (χ1) is 16.5. The van der Waals surface area contributed by atoms with Crippen LogP contribution in [0, 0.1) is 5.82 Å². The first kappa shape index (κ1) is 22.5. The number of halogens is 1. The summed E-state index contributed by atoms with van der Waals surface area (Å²) in [5, 5.41) is 2.62. The fourth-order valence-electron chi connectivity index (χ4n) is 5.25. The van der Waals surface area contributed by atoms with Gasteiger partial charge in [0, 0.05) is 38.6 Å². The van der Waals surface area contributed by atoms with E-state index in [2.05, 4.69) is 30.1 Å². The number of aromatic amines is 1. The van der Waals surface area contributed by atoms with E-state index in [1.54, 1.807) is 31.4 Å². The Morgan fingerprint density at radius 2 is 1.97 bits per heavy atom. The van der Waals surface area contributed by atoms with Gasteiger partial charge in [0.25, 0.3) is 11.5 Å². The maximum Gasteiger partial charge on any atom is 0.269 e. The van der Waals surface area contributed by atoms with Gasteiger partial charge in [-0.15, -0.1) is 0 Å². The summed E-state index contributed by atoms with van der Waals surface area (Å²) in [5.74, 6) is 0.0757. The van der Waals surface area contributed by atoms with Crippen molar-refractivity contribution in [1.29, 1.82) is 0 Å². The Balaban J connectivity index is 1.24. The second-order valence-electron chi connectivity index (χ2n) is 9.12. The highest BCUT2D eigenvalue weighted by atomic mass is 19.1. The lowest BCUT2D eigenvalue weighted by Crippen LogP contribution is -2.48. The number of hydrogen-bond donors (Lipinski definition) is 2. The lowest BCUT2D eigenvalue weighted by molar-refractivity contribution is 0.0958. The number of aromatic nitrogens is 3. The molecule has 0 bridgehead atoms. The molecule has 1 unspecified atom stereocenters. The number of benzene rings is 1. The van der Waals surface area contributed by atoms with Gasteiger partial charge in [-0.1, -0.05) is 6.07 Å². The minimum absolute atomic E-state index is 0.0316. The second-order valence-corrected chi connectivity index (χ2v) is 9.12. The smallest absolute Gasteiger partial charge is 0.269 e. The Morgan fingerprint density at radius 3 is 2.71 bits per heavy atom. The number of anilines is 1. The molecule has 178 valence electrons. The van der Waals surface area contributed by atoms with E-state index in [0.717, 1.165) is 57.5 Å². The van der Waals surface area contributed by atoms with Gasteiger partial charge >= 0.3 is 0 Å². The SMILES string of the molecule is CNC(=O)c1ccc(N2CCC(N3CCCC(c4nc5cccc(F)c5c(=O)[nH]4)C3)CC2)cn1. The summed E-state index contributed by atoms with van der Waals surface area (Å²) in [4.78, 5) is 40.8. The Labute approximate surface area is 197 Å². The van der Waals surface area contributed by atoms with Crippen LogP contribution in [0.5, 0.6) is 0 Å². The predicted molar refractivity (Wildman–Crippen MR) is 129 cm³/mol. The van der Waals surface area contributed by atoms with Crippen LogP contribution in [0.1, 0.15) is 47.9 Å². The number of pyridine rings is 1. The van der Waals surface area contributed by atoms with Gasteiger partial charge in [-0.3, -0.25) is 14.5 Å². The topological polar surface area (TPSA) is 94.2 Å². The molecule has 34 heavy (non-hydrogen) atoms. The van der Waals surface area contributed by atoms with E-state index in [1.165, 1.54) is 6.07 Å². The average molecular weight is 465 g/mol. The molecule has 8 nitrogen and oxygen atoms in total. The van der Waals surface area contributed by atoms with Gasteiger partial charge in [0.15, 0.2) is 0 Å². The number of rotatable bonds is 4. The molecular weight excluding hydrogens is 435 g/mol. The van der Waals surface area contributed by atoms with E-state index in [0.29, 0.717) is 23.1 Å². The van der Waals surface area contributed by atoms with E-state index in [-0.39, 0.29) is 17.2 Å². The van der Waals surface area contributed by atoms with Crippen molar-refractivity contribution in [3.63, 3.8) is 0 Å². The number of hydrogen-bond acceptors (Lipinski definition) is 6. The first-order valence-corrected chi connectivity index (χ1v) is 11.9. The van der Waals surface area contributed by atoms with Crippen molar-refractivity contribution in [3.8, 4) is 0 Å². The third kappa shape index (κ3) is 4.40. The normalized spacial score (nSPS) is 19.9. The lowest BCUT2D eigenvalue weighted by atomic mass is 9.93. The standard InChI is InChI=1S/C25H29FN6O2/c1-27-24(33)21-8-7-18(14-28-21)31-12-9-17(10-13-31)32-11-3-4-16(15-32)23-29-20-6-2-5-19(26)22(20)25(34)30-23/h2,5-8,14,16-17H,3-4,9-13,15H2,1H3,(H,27,33)(H,29,30,34). The highest BCUT2D eigenvalue weighted by Crippen LogP contribution is 2.30. The molecule has 0 radical (unpaired) electrons. The molecule has 9 heteroatoms. The summed E-state index contributed by atoms with van der Waals surface area (Å²) >= 11 is 0. The summed E-state index contributed by atoms with van der Waals surface area (Å²) in [5.41, 5.74) is 1.47. The molecule has 1 aromatic carbocycles. The number of piperidine rings is 2. The minimum atomic E-state index is -0.534. The molecule has 2 N–H and O–H groups in total. The van der Waals surface area contributed by atoms with E-state index >= 15 is 0 Å². The van der Waals surface area contributed by atoms with Gasteiger partial charge in [-0.25, -0.2) is 14.4 Å². The van der Waals surface area contributed by atoms with Crippen molar-refractivity contribution in [2.24, 2.45) is 0 Å². The van der Waals surface area contributed by atoms with Gasteiger partial charge < -0.3 is 15.2 Å². The van der Waals surface area contributed by atoms with E-state index in [9.17, 15) is 14.0 Å². The zero-order chi connectivity index (χ0) is 23.7. The minimum Gasteiger partial charge on any atom is -0.370 e. The molecule has 2 saturated heterocycles. The molecule has 0 spiro atoms. The number of amides is 1. The Bertz CT molecular complexity index is 1240. The van der Waals surface area contributed by atoms with Crippen LogP contribution in [0.2, 0.25) is 0 Å². The van der Waals surface area contributed by atoms with Crippen molar-refractivity contribution in [2.45, 2.75) is 37.6 Å². The molecule has 1 atom stereocenters. The fourth-order valence-corrected chi connectivity index (χ4v) is 5.25. The Morgan fingerprint density at radius 1 is 1.15 bits per heavy atom. The molecule has 0 aliphatic carbocycles. The highest BCUT2D eigenvalue weighted by Gasteiger charge is 2.31. The van der Waals surface area contributed by atoms with Crippen molar-refractivity contribution in [3.05, 3.63) is 64.2 Å². The third-order valence-electron chi connectivity index (χ3n) is 7.09. The number of nitrogens with one attached hydrogen (secondary N) is 2. The van der Waals surface area contributed by atoms with Crippen LogP contribution in [0.25, 0.3) is 10.9 Å². The predicted octanol–water partition coefficient (Wildman–Crippen LogP) is 2.67. The molecule has 1 amide bonds. The lowest BCUT2D eigenvalue weighted by Gasteiger charge is -2.42. The first-order valence-electron chi connectivity index (χ1n) is 11.9. The van der Waals surface area contributed by atoms with Crippen LogP contribution >= 0.6 is 0 Å². The molecule has 2 aliphatic rings. The maximum absolute atomic E-state index is 14.1. The van der Waals surface area contributed by atoms with E-state index < -0.39 is 11.4 Å². The molecular formula is C25H29FN6O2. The van der Waals surface area contributed by atoms with Gasteiger partial charge in [0.05, 0.1) is 17.4 Å². The fraction of sp³-hybridized carbons (Fsp3) is 0.440. The zero-order valence-corrected chi connectivity index (χ0v) is 19.3. The summed E-state index contributed by atoms with van der Waals surface area (Å²) < 4.78 is 14.1. The largest absolute Gasteiger partial charge is 0.370 e. The molecule has 5 rings (SSSR count). The summed E-state index contributed by atoms with van der Waals surface area (Å²) in [6.45, 7) is 3.74. The summed E-state index contributed by atoms with van der Waals surface area (Å²) in [6, 6.07) is 8.78. The van der Waals surface area contributed by atoms with E-state index in [1.807, 2.05) is 6.07 Å². The van der Waals surface area contributed by atoms with Crippen molar-refractivity contribution in [2.75, 3.05) is 38.1 Å². The van der Waals surface area contributed by atoms with Crippen molar-refractivity contribution >= 4 is 22.5 Å². The third-order valence-corrected chi connectivity index (χ3v) is 7.09. The summed E-state index contributed by atoms with van der Waals surface area (Å²) in [7, 11) is 1.60. The van der Waals surface area contributed by atoms with Crippen LogP contribution in [0.4, 0.5) is 10.1 Å². The van der Waals surface area contributed by atoms with Crippen LogP contribution < -0.4 is 15.8 Å². The van der Waals surface area contributed by atoms with Gasteiger partial charge in [0.1, 0.15) is 22.7 Å². The molecule has 2 aromatic heterocycles. The number of H-pyrrole nitrogens is 1. The van der Waals surface area contributed by atoms with E-state index in [4.69, 9.17) is 0 Å². The zero-order valence-electron chi connectivity index (χ0n) is 19.3. The Hall–Kier alpha value is -3.33. The molecule has 4 heterocycles. The maximum atomic E-state index is 14.1. The molecule has 2 aliphatic heterocycles. The van der Waals surface area contributed by atoms with Crippen LogP contribution in [0.15, 0.2) is 41.3 Å². The van der Waals surface area contributed by atoms with Crippen molar-refractivity contribution in [1.82, 2.24) is 25.2 Å². The number of carbonyl (C=O) groups excluding carboxylic acids is 1. The average Bonchev–Trinajstić information content (AvgIpc) is 2.88. The number of fused-ring (bicyclic) bond motifs is 1. The molecule has 3 aromatic rings. The summed E-state index contributed by atoms with van der Waals surface area (Å²) in [6.07, 6.45) is 5.85. The Kier molecular flexibility index (Phi) is 6.28. The quantitative estimate of drug-likeness (QED) is 0.617. The van der Waals surface area contributed by atoms with Gasteiger partial charge in [0.2, 0.25) is 0 Å². The highest BCUT2D eigenvalue weighted by molar-refractivity contribution is 5.92. The van der Waals surface area contributed by atoms with Crippen LogP contribution in [0.3, 0.4) is 0 Å². The number of nitrogens with zero attached hydrogens (tertiary/aromatic N) is 4. The molecule has 2 fully saturated rings. The molecule has 0 saturated carbocycles. The second kappa shape index (κ2) is 9.50. The van der Waals surface area contributed by atoms with Crippen molar-refractivity contribution < 1.29 is 9.18 Å². The van der Waals surface area contributed by atoms with Crippen LogP contribution in [-0.4, -0.2) is 65.0 Å². The number of likely N-dealkylation sites (tertiary alicyclic amines) is 1.